The summed E-state index contributed by atoms with van der Waals surface area (Å²) in [5.74, 6) is 0. The van der Waals surface area contributed by atoms with Gasteiger partial charge in [0.05, 0.1) is 5.52 Å². The van der Waals surface area contributed by atoms with Crippen molar-refractivity contribution in [3.63, 3.8) is 0 Å². The molecule has 0 atom stereocenters. The van der Waals surface area contributed by atoms with Crippen molar-refractivity contribution in [1.82, 2.24) is 15.4 Å². The standard InChI is InChI=1S/C17H13N3/c1-2-8-13(9-3-1)16-14(12-6-4-5-7-12)10-11-15-17(16)19-20-18-15/h1-6,8-11H,7H2,(H,18,19,20). The van der Waals surface area contributed by atoms with Gasteiger partial charge in [0.25, 0.3) is 0 Å². The van der Waals surface area contributed by atoms with Gasteiger partial charge in [-0.1, -0.05) is 59.8 Å². The Bertz CT molecular complexity index is 826. The Morgan fingerprint density at radius 1 is 1.00 bits per heavy atom. The number of rotatable bonds is 2. The quantitative estimate of drug-likeness (QED) is 0.756. The lowest BCUT2D eigenvalue weighted by Crippen LogP contribution is -1.90. The van der Waals surface area contributed by atoms with Gasteiger partial charge in [-0.15, -0.1) is 5.10 Å². The summed E-state index contributed by atoms with van der Waals surface area (Å²) < 4.78 is 0. The fourth-order valence-corrected chi connectivity index (χ4v) is 2.73. The number of aromatic nitrogens is 3. The van der Waals surface area contributed by atoms with Crippen molar-refractivity contribution in [1.29, 1.82) is 0 Å². The van der Waals surface area contributed by atoms with Crippen LogP contribution < -0.4 is 0 Å². The van der Waals surface area contributed by atoms with Crippen molar-refractivity contribution in [3.8, 4) is 11.1 Å². The monoisotopic (exact) mass is 259 g/mol. The predicted molar refractivity (Wildman–Crippen MR) is 81.1 cm³/mol. The lowest BCUT2D eigenvalue weighted by Gasteiger charge is -2.11. The van der Waals surface area contributed by atoms with Gasteiger partial charge in [-0.25, -0.2) is 0 Å². The highest BCUT2D eigenvalue weighted by Gasteiger charge is 2.15. The van der Waals surface area contributed by atoms with E-state index in [0.717, 1.165) is 23.0 Å². The second kappa shape index (κ2) is 4.46. The highest BCUT2D eigenvalue weighted by molar-refractivity contribution is 5.98. The van der Waals surface area contributed by atoms with E-state index in [1.165, 1.54) is 16.7 Å². The molecular formula is C17H13N3. The fraction of sp³-hybridized carbons (Fsp3) is 0.0588. The highest BCUT2D eigenvalue weighted by atomic mass is 15.3. The van der Waals surface area contributed by atoms with Crippen LogP contribution in [0.5, 0.6) is 0 Å². The van der Waals surface area contributed by atoms with E-state index < -0.39 is 0 Å². The summed E-state index contributed by atoms with van der Waals surface area (Å²) in [4.78, 5) is 0. The first-order chi connectivity index (χ1) is 9.93. The maximum atomic E-state index is 4.27. The summed E-state index contributed by atoms with van der Waals surface area (Å²) in [6, 6.07) is 14.6. The number of benzene rings is 2. The van der Waals surface area contributed by atoms with Gasteiger partial charge in [0, 0.05) is 5.56 Å². The molecule has 1 aliphatic rings. The summed E-state index contributed by atoms with van der Waals surface area (Å²) >= 11 is 0. The molecule has 0 saturated carbocycles. The van der Waals surface area contributed by atoms with Crippen LogP contribution >= 0.6 is 0 Å². The first kappa shape index (κ1) is 11.2. The zero-order valence-corrected chi connectivity index (χ0v) is 10.9. The molecule has 96 valence electrons. The number of aromatic amines is 1. The number of fused-ring (bicyclic) bond motifs is 1. The van der Waals surface area contributed by atoms with E-state index in [-0.39, 0.29) is 0 Å². The van der Waals surface area contributed by atoms with Gasteiger partial charge < -0.3 is 0 Å². The number of nitrogens with zero attached hydrogens (tertiary/aromatic N) is 2. The first-order valence-corrected chi connectivity index (χ1v) is 6.69. The van der Waals surface area contributed by atoms with E-state index in [1.807, 2.05) is 6.07 Å². The number of H-pyrrole nitrogens is 1. The van der Waals surface area contributed by atoms with Crippen molar-refractivity contribution in [2.45, 2.75) is 6.42 Å². The molecule has 2 aromatic carbocycles. The molecule has 3 aromatic rings. The second-order valence-corrected chi connectivity index (χ2v) is 4.89. The molecule has 0 saturated heterocycles. The van der Waals surface area contributed by atoms with Crippen molar-refractivity contribution in [2.75, 3.05) is 0 Å². The lowest BCUT2D eigenvalue weighted by molar-refractivity contribution is 0.959. The molecule has 0 amide bonds. The van der Waals surface area contributed by atoms with Gasteiger partial charge in [0.15, 0.2) is 0 Å². The van der Waals surface area contributed by atoms with Gasteiger partial charge in [0.1, 0.15) is 5.52 Å². The number of allylic oxidation sites excluding steroid dienone is 4. The predicted octanol–water partition coefficient (Wildman–Crippen LogP) is 3.97. The number of hydrogen-bond acceptors (Lipinski definition) is 2. The second-order valence-electron chi connectivity index (χ2n) is 4.89. The summed E-state index contributed by atoms with van der Waals surface area (Å²) in [6.45, 7) is 0. The molecule has 1 aliphatic carbocycles. The molecule has 1 N–H and O–H groups in total. The van der Waals surface area contributed by atoms with Crippen LogP contribution in [-0.4, -0.2) is 15.4 Å². The minimum Gasteiger partial charge on any atom is -0.258 e. The first-order valence-electron chi connectivity index (χ1n) is 6.69. The van der Waals surface area contributed by atoms with Gasteiger partial charge in [-0.3, -0.25) is 5.10 Å². The van der Waals surface area contributed by atoms with Crippen LogP contribution in [-0.2, 0) is 0 Å². The minimum atomic E-state index is 0.932. The van der Waals surface area contributed by atoms with Gasteiger partial charge in [0.2, 0.25) is 0 Å². The van der Waals surface area contributed by atoms with Crippen LogP contribution in [0.2, 0.25) is 0 Å². The molecule has 3 nitrogen and oxygen atoms in total. The normalized spacial score (nSPS) is 13.9. The van der Waals surface area contributed by atoms with E-state index in [1.54, 1.807) is 0 Å². The van der Waals surface area contributed by atoms with Crippen LogP contribution in [0.15, 0.2) is 60.7 Å². The van der Waals surface area contributed by atoms with E-state index in [4.69, 9.17) is 0 Å². The van der Waals surface area contributed by atoms with Crippen LogP contribution in [0.4, 0.5) is 0 Å². The van der Waals surface area contributed by atoms with Crippen LogP contribution in [0.1, 0.15) is 12.0 Å². The molecule has 20 heavy (non-hydrogen) atoms. The largest absolute Gasteiger partial charge is 0.258 e. The SMILES string of the molecule is C1=CCC(c2ccc3[nH]nnc3c2-c2ccccc2)=C1. The molecule has 0 radical (unpaired) electrons. The summed E-state index contributed by atoms with van der Waals surface area (Å²) in [5, 5.41) is 11.2. The Kier molecular flexibility index (Phi) is 2.49. The molecule has 3 heteroatoms. The van der Waals surface area contributed by atoms with Gasteiger partial charge in [-0.2, -0.15) is 0 Å². The Hall–Kier alpha value is -2.68. The maximum absolute atomic E-state index is 4.27. The molecule has 0 fully saturated rings. The van der Waals surface area contributed by atoms with Crippen molar-refractivity contribution < 1.29 is 0 Å². The Morgan fingerprint density at radius 2 is 1.90 bits per heavy atom. The summed E-state index contributed by atoms with van der Waals surface area (Å²) in [5.41, 5.74) is 6.80. The van der Waals surface area contributed by atoms with E-state index in [0.29, 0.717) is 0 Å². The molecule has 4 rings (SSSR count). The van der Waals surface area contributed by atoms with Gasteiger partial charge in [-0.05, 0) is 29.2 Å². The molecular weight excluding hydrogens is 246 g/mol. The Morgan fingerprint density at radius 3 is 2.70 bits per heavy atom. The highest BCUT2D eigenvalue weighted by Crippen LogP contribution is 2.36. The van der Waals surface area contributed by atoms with Crippen molar-refractivity contribution >= 4 is 16.6 Å². The van der Waals surface area contributed by atoms with E-state index in [9.17, 15) is 0 Å². The Labute approximate surface area is 116 Å². The zero-order valence-electron chi connectivity index (χ0n) is 10.9. The topological polar surface area (TPSA) is 41.6 Å². The summed E-state index contributed by atoms with van der Waals surface area (Å²) in [6.07, 6.45) is 7.44. The van der Waals surface area contributed by atoms with Crippen molar-refractivity contribution in [3.05, 3.63) is 66.3 Å². The number of nitrogens with one attached hydrogen (secondary N) is 1. The van der Waals surface area contributed by atoms with E-state index in [2.05, 4.69) is 70.0 Å². The van der Waals surface area contributed by atoms with Crippen LogP contribution in [0.25, 0.3) is 27.7 Å². The lowest BCUT2D eigenvalue weighted by atomic mass is 9.93. The molecule has 0 unspecified atom stereocenters. The molecule has 0 aliphatic heterocycles. The van der Waals surface area contributed by atoms with Crippen LogP contribution in [0.3, 0.4) is 0 Å². The average molecular weight is 259 g/mol. The van der Waals surface area contributed by atoms with Crippen molar-refractivity contribution in [2.24, 2.45) is 0 Å². The molecule has 1 heterocycles. The fourth-order valence-electron chi connectivity index (χ4n) is 2.73. The van der Waals surface area contributed by atoms with Gasteiger partial charge >= 0.3 is 0 Å². The van der Waals surface area contributed by atoms with E-state index >= 15 is 0 Å². The third-order valence-electron chi connectivity index (χ3n) is 3.68. The number of hydrogen-bond donors (Lipinski definition) is 1. The van der Waals surface area contributed by atoms with Crippen LogP contribution in [0, 0.1) is 0 Å². The molecule has 1 aromatic heterocycles. The maximum Gasteiger partial charge on any atom is 0.121 e. The third kappa shape index (κ3) is 1.67. The molecule has 0 spiro atoms. The smallest absolute Gasteiger partial charge is 0.121 e. The molecule has 0 bridgehead atoms. The minimum absolute atomic E-state index is 0.932. The Balaban J connectivity index is 2.04. The zero-order chi connectivity index (χ0) is 13.4. The average Bonchev–Trinajstić information content (AvgIpc) is 3.18. The summed E-state index contributed by atoms with van der Waals surface area (Å²) in [7, 11) is 0. The third-order valence-corrected chi connectivity index (χ3v) is 3.68.